The van der Waals surface area contributed by atoms with Crippen molar-refractivity contribution in [3.8, 4) is 0 Å². The molecule has 0 saturated heterocycles. The summed E-state index contributed by atoms with van der Waals surface area (Å²) in [6.45, 7) is -0.673. The van der Waals surface area contributed by atoms with E-state index in [2.05, 4.69) is 0 Å². The van der Waals surface area contributed by atoms with Crippen LogP contribution in [0.25, 0.3) is 0 Å². The van der Waals surface area contributed by atoms with Crippen molar-refractivity contribution in [3.63, 3.8) is 0 Å². The fraction of sp³-hybridized carbons (Fsp3) is 0.833. The first-order chi connectivity index (χ1) is 5.42. The zero-order valence-corrected chi connectivity index (χ0v) is 6.20. The molecule has 0 spiro atoms. The molecule has 12 heavy (non-hydrogen) atoms. The zero-order chi connectivity index (χ0) is 9.78. The number of carboxylic acids is 1. The van der Waals surface area contributed by atoms with Crippen LogP contribution in [-0.2, 0) is 4.79 Å². The van der Waals surface area contributed by atoms with Gasteiger partial charge in [-0.3, -0.25) is 4.79 Å². The maximum absolute atomic E-state index is 12.0. The third kappa shape index (κ3) is 3.10. The molecule has 0 fully saturated rings. The molecule has 1 atom stereocenters. The highest BCUT2D eigenvalue weighted by molar-refractivity contribution is 5.68. The number of carboxylic acid groups (broad SMARTS) is 1. The van der Waals surface area contributed by atoms with E-state index < -0.39 is 37.4 Å². The molecule has 0 aliphatic heterocycles. The number of alkyl halides is 2. The van der Waals surface area contributed by atoms with Gasteiger partial charge in [0.15, 0.2) is 0 Å². The minimum atomic E-state index is -3.17. The van der Waals surface area contributed by atoms with E-state index in [1.165, 1.54) is 0 Å². The van der Waals surface area contributed by atoms with Crippen molar-refractivity contribution >= 4 is 5.97 Å². The van der Waals surface area contributed by atoms with Crippen LogP contribution >= 0.6 is 0 Å². The molecule has 0 radical (unpaired) electrons. The summed E-state index contributed by atoms with van der Waals surface area (Å²) in [5, 5.41) is 25.4. The molecule has 0 aromatic carbocycles. The van der Waals surface area contributed by atoms with Gasteiger partial charge in [0, 0.05) is 13.0 Å². The lowest BCUT2D eigenvalue weighted by molar-refractivity contribution is -0.155. The highest BCUT2D eigenvalue weighted by atomic mass is 19.3. The first-order valence-electron chi connectivity index (χ1n) is 3.25. The lowest BCUT2D eigenvalue weighted by atomic mass is 9.97. The van der Waals surface area contributed by atoms with Gasteiger partial charge in [-0.1, -0.05) is 0 Å². The van der Waals surface area contributed by atoms with Crippen molar-refractivity contribution in [2.45, 2.75) is 24.9 Å². The van der Waals surface area contributed by atoms with Crippen LogP contribution in [0.3, 0.4) is 0 Å². The molecule has 0 saturated carbocycles. The van der Waals surface area contributed by atoms with Crippen molar-refractivity contribution in [1.82, 2.24) is 0 Å². The lowest BCUT2D eigenvalue weighted by Gasteiger charge is -2.24. The average molecular weight is 184 g/mol. The molecule has 0 heterocycles. The molecule has 0 unspecified atom stereocenters. The van der Waals surface area contributed by atoms with E-state index in [-0.39, 0.29) is 0 Å². The molecule has 0 bridgehead atoms. The van der Waals surface area contributed by atoms with Gasteiger partial charge >= 0.3 is 5.97 Å². The maximum atomic E-state index is 12.0. The van der Waals surface area contributed by atoms with Crippen molar-refractivity contribution in [2.24, 2.45) is 0 Å². The average Bonchev–Trinajstić information content (AvgIpc) is 1.85. The van der Waals surface area contributed by atoms with Crippen molar-refractivity contribution in [2.75, 3.05) is 6.61 Å². The van der Waals surface area contributed by atoms with E-state index >= 15 is 0 Å². The molecular weight excluding hydrogens is 174 g/mol. The van der Waals surface area contributed by atoms with E-state index in [4.69, 9.17) is 15.3 Å². The number of aliphatic hydroxyl groups is 2. The van der Waals surface area contributed by atoms with Gasteiger partial charge in [0.2, 0.25) is 0 Å². The van der Waals surface area contributed by atoms with Gasteiger partial charge in [-0.15, -0.1) is 0 Å². The van der Waals surface area contributed by atoms with Crippen molar-refractivity contribution in [1.29, 1.82) is 0 Å². The number of aliphatic hydroxyl groups excluding tert-OH is 1. The summed E-state index contributed by atoms with van der Waals surface area (Å²) in [5.74, 6) is -1.52. The molecule has 0 aliphatic carbocycles. The summed E-state index contributed by atoms with van der Waals surface area (Å²) in [6, 6.07) is 0. The molecule has 0 aliphatic rings. The number of hydrogen-bond donors (Lipinski definition) is 3. The maximum Gasteiger partial charge on any atom is 0.306 e. The monoisotopic (exact) mass is 184 g/mol. The van der Waals surface area contributed by atoms with E-state index in [0.29, 0.717) is 0 Å². The summed E-state index contributed by atoms with van der Waals surface area (Å²) in [4.78, 5) is 10.0. The minimum Gasteiger partial charge on any atom is -0.481 e. The Labute approximate surface area is 67.4 Å². The van der Waals surface area contributed by atoms with Crippen LogP contribution in [0.4, 0.5) is 8.78 Å². The van der Waals surface area contributed by atoms with Crippen LogP contribution < -0.4 is 0 Å². The van der Waals surface area contributed by atoms with Crippen LogP contribution in [0.2, 0.25) is 0 Å². The van der Waals surface area contributed by atoms with Crippen LogP contribution in [-0.4, -0.2) is 39.9 Å². The van der Waals surface area contributed by atoms with Gasteiger partial charge in [0.1, 0.15) is 5.60 Å². The van der Waals surface area contributed by atoms with Gasteiger partial charge in [0.25, 0.3) is 6.43 Å². The summed E-state index contributed by atoms with van der Waals surface area (Å²) in [7, 11) is 0. The lowest BCUT2D eigenvalue weighted by Crippen LogP contribution is -2.40. The number of carbonyl (C=O) groups is 1. The quantitative estimate of drug-likeness (QED) is 0.554. The van der Waals surface area contributed by atoms with Gasteiger partial charge < -0.3 is 15.3 Å². The van der Waals surface area contributed by atoms with Crippen molar-refractivity contribution in [3.05, 3.63) is 0 Å². The molecule has 6 heteroatoms. The molecule has 3 N–H and O–H groups in total. The zero-order valence-electron chi connectivity index (χ0n) is 6.20. The second-order valence-electron chi connectivity index (χ2n) is 2.45. The predicted octanol–water partition coefficient (Wildman–Crippen LogP) is -0.160. The van der Waals surface area contributed by atoms with E-state index in [9.17, 15) is 13.6 Å². The second kappa shape index (κ2) is 4.32. The highest BCUT2D eigenvalue weighted by Gasteiger charge is 2.39. The van der Waals surface area contributed by atoms with Gasteiger partial charge in [-0.2, -0.15) is 0 Å². The van der Waals surface area contributed by atoms with Crippen LogP contribution in [0.15, 0.2) is 0 Å². The molecule has 4 nitrogen and oxygen atoms in total. The molecule has 0 rings (SSSR count). The van der Waals surface area contributed by atoms with Crippen LogP contribution in [0.5, 0.6) is 0 Å². The van der Waals surface area contributed by atoms with Crippen molar-refractivity contribution < 1.29 is 28.9 Å². The normalized spacial score (nSPS) is 16.1. The second-order valence-corrected chi connectivity index (χ2v) is 2.45. The predicted molar refractivity (Wildman–Crippen MR) is 34.9 cm³/mol. The Morgan fingerprint density at radius 3 is 2.25 bits per heavy atom. The molecule has 0 aromatic rings. The number of hydrogen-bond acceptors (Lipinski definition) is 3. The fourth-order valence-electron chi connectivity index (χ4n) is 0.730. The molecule has 0 aromatic heterocycles. The topological polar surface area (TPSA) is 77.8 Å². The number of halogens is 2. The fourth-order valence-corrected chi connectivity index (χ4v) is 0.730. The SMILES string of the molecule is O=C(O)C[C@](O)(CCO)C(F)F. The Hall–Kier alpha value is -0.750. The van der Waals surface area contributed by atoms with Crippen LogP contribution in [0, 0.1) is 0 Å². The molecule has 0 amide bonds. The largest absolute Gasteiger partial charge is 0.481 e. The van der Waals surface area contributed by atoms with E-state index in [1.807, 2.05) is 0 Å². The third-order valence-electron chi connectivity index (χ3n) is 1.41. The minimum absolute atomic E-state index is 0.642. The Balaban J connectivity index is 4.28. The first-order valence-corrected chi connectivity index (χ1v) is 3.25. The smallest absolute Gasteiger partial charge is 0.306 e. The van der Waals surface area contributed by atoms with E-state index in [1.54, 1.807) is 0 Å². The summed E-state index contributed by atoms with van der Waals surface area (Å²) >= 11 is 0. The Bertz CT molecular complexity index is 162. The standard InChI is InChI=1S/C6H10F2O4/c7-5(8)6(12,1-2-9)3-4(10)11/h5,9,12H,1-3H2,(H,10,11)/t6-/m1/s1. The number of aliphatic carboxylic acids is 1. The van der Waals surface area contributed by atoms with E-state index in [0.717, 1.165) is 0 Å². The Morgan fingerprint density at radius 1 is 1.50 bits per heavy atom. The molecule has 72 valence electrons. The highest BCUT2D eigenvalue weighted by Crippen LogP contribution is 2.23. The third-order valence-corrected chi connectivity index (χ3v) is 1.41. The Kier molecular flexibility index (Phi) is 4.05. The van der Waals surface area contributed by atoms with Gasteiger partial charge in [-0.25, -0.2) is 8.78 Å². The van der Waals surface area contributed by atoms with Crippen LogP contribution in [0.1, 0.15) is 12.8 Å². The van der Waals surface area contributed by atoms with Gasteiger partial charge in [-0.05, 0) is 0 Å². The Morgan fingerprint density at radius 2 is 2.00 bits per heavy atom. The first kappa shape index (κ1) is 11.2. The summed E-state index contributed by atoms with van der Waals surface area (Å²) in [5.41, 5.74) is -2.61. The summed E-state index contributed by atoms with van der Waals surface area (Å²) in [6.07, 6.45) is -4.87. The number of rotatable bonds is 5. The molecular formula is C6H10F2O4. The summed E-state index contributed by atoms with van der Waals surface area (Å²) < 4.78 is 24.0. The van der Waals surface area contributed by atoms with Gasteiger partial charge in [0.05, 0.1) is 6.42 Å².